The van der Waals surface area contributed by atoms with Crippen LogP contribution in [0.3, 0.4) is 0 Å². The molecule has 4 heterocycles. The van der Waals surface area contributed by atoms with Gasteiger partial charge in [0.05, 0.1) is 24.4 Å². The molecule has 0 radical (unpaired) electrons. The van der Waals surface area contributed by atoms with E-state index in [4.69, 9.17) is 9.15 Å². The van der Waals surface area contributed by atoms with Crippen molar-refractivity contribution in [3.63, 3.8) is 0 Å². The zero-order valence-corrected chi connectivity index (χ0v) is 17.9. The lowest BCUT2D eigenvalue weighted by Crippen LogP contribution is -2.66. The summed E-state index contributed by atoms with van der Waals surface area (Å²) >= 11 is 0. The van der Waals surface area contributed by atoms with Crippen molar-refractivity contribution in [2.75, 3.05) is 13.2 Å². The van der Waals surface area contributed by atoms with Crippen LogP contribution in [0.1, 0.15) is 62.9 Å². The maximum absolute atomic E-state index is 13.7. The summed E-state index contributed by atoms with van der Waals surface area (Å²) in [6.07, 6.45) is 8.03. The fraction of sp³-hybridized carbons (Fsp3) is 0.652. The number of nitrogens with one attached hydrogen (secondary N) is 1. The molecule has 7 nitrogen and oxygen atoms in total. The van der Waals surface area contributed by atoms with Crippen molar-refractivity contribution in [1.82, 2.24) is 14.8 Å². The van der Waals surface area contributed by atoms with Crippen molar-refractivity contribution >= 4 is 22.9 Å². The second-order valence-electron chi connectivity index (χ2n) is 9.45. The van der Waals surface area contributed by atoms with E-state index in [0.29, 0.717) is 30.3 Å². The van der Waals surface area contributed by atoms with Gasteiger partial charge in [-0.2, -0.15) is 0 Å². The van der Waals surface area contributed by atoms with Crippen LogP contribution in [0, 0.1) is 5.92 Å². The molecule has 30 heavy (non-hydrogen) atoms. The number of amides is 2. The van der Waals surface area contributed by atoms with Crippen LogP contribution in [0.15, 0.2) is 22.8 Å². The van der Waals surface area contributed by atoms with E-state index in [0.717, 1.165) is 44.2 Å². The van der Waals surface area contributed by atoms with E-state index in [2.05, 4.69) is 12.2 Å². The number of hydrogen-bond acceptors (Lipinski definition) is 4. The summed E-state index contributed by atoms with van der Waals surface area (Å²) in [4.78, 5) is 29.0. The first-order valence-electron chi connectivity index (χ1n) is 11.3. The second kappa shape index (κ2) is 7.45. The van der Waals surface area contributed by atoms with E-state index in [1.165, 1.54) is 6.42 Å². The Morgan fingerprint density at radius 2 is 2.10 bits per heavy atom. The van der Waals surface area contributed by atoms with Crippen LogP contribution in [0.25, 0.3) is 11.1 Å². The fourth-order valence-electron chi connectivity index (χ4n) is 5.41. The van der Waals surface area contributed by atoms with Crippen LogP contribution in [-0.4, -0.2) is 52.1 Å². The predicted molar refractivity (Wildman–Crippen MR) is 112 cm³/mol. The van der Waals surface area contributed by atoms with Gasteiger partial charge in [-0.25, -0.2) is 0 Å². The quantitative estimate of drug-likeness (QED) is 0.834. The van der Waals surface area contributed by atoms with Gasteiger partial charge in [-0.1, -0.05) is 19.8 Å². The highest BCUT2D eigenvalue weighted by Crippen LogP contribution is 2.34. The molecular weight excluding hydrogens is 382 g/mol. The van der Waals surface area contributed by atoms with Crippen LogP contribution in [-0.2, 0) is 16.1 Å². The van der Waals surface area contributed by atoms with E-state index in [1.54, 1.807) is 17.2 Å². The smallest absolute Gasteiger partial charge is 0.271 e. The Morgan fingerprint density at radius 3 is 2.87 bits per heavy atom. The number of rotatable bonds is 4. The molecule has 2 fully saturated rings. The first-order valence-corrected chi connectivity index (χ1v) is 11.3. The van der Waals surface area contributed by atoms with Gasteiger partial charge in [0.1, 0.15) is 11.2 Å². The van der Waals surface area contributed by atoms with E-state index in [-0.39, 0.29) is 24.0 Å². The summed E-state index contributed by atoms with van der Waals surface area (Å²) in [6.45, 7) is 5.68. The Labute approximate surface area is 176 Å². The number of carbonyl (C=O) groups is 2. The van der Waals surface area contributed by atoms with Gasteiger partial charge in [-0.15, -0.1) is 0 Å². The molecule has 1 N–H and O–H groups in total. The molecule has 5 rings (SSSR count). The molecule has 162 valence electrons. The summed E-state index contributed by atoms with van der Waals surface area (Å²) < 4.78 is 13.3. The first-order chi connectivity index (χ1) is 14.5. The molecule has 3 aliphatic rings. The Balaban J connectivity index is 1.49. The second-order valence-corrected chi connectivity index (χ2v) is 9.45. The lowest BCUT2D eigenvalue weighted by atomic mass is 9.85. The molecule has 0 aromatic carbocycles. The third kappa shape index (κ3) is 3.14. The zero-order valence-electron chi connectivity index (χ0n) is 17.9. The van der Waals surface area contributed by atoms with Gasteiger partial charge in [-0.05, 0) is 38.5 Å². The average Bonchev–Trinajstić information content (AvgIpc) is 3.45. The minimum absolute atomic E-state index is 0.0146. The molecule has 4 unspecified atom stereocenters. The Bertz CT molecular complexity index is 957. The molecule has 2 aliphatic heterocycles. The van der Waals surface area contributed by atoms with E-state index in [9.17, 15) is 9.59 Å². The van der Waals surface area contributed by atoms with Gasteiger partial charge in [-0.3, -0.25) is 9.59 Å². The highest BCUT2D eigenvalue weighted by atomic mass is 16.5. The average molecular weight is 414 g/mol. The number of aromatic nitrogens is 1. The number of ether oxygens (including phenoxy) is 1. The Morgan fingerprint density at radius 1 is 1.27 bits per heavy atom. The molecule has 4 atom stereocenters. The molecule has 2 aromatic heterocycles. The highest BCUT2D eigenvalue weighted by molar-refractivity contribution is 6.03. The van der Waals surface area contributed by atoms with Crippen molar-refractivity contribution in [3.8, 4) is 0 Å². The fourth-order valence-corrected chi connectivity index (χ4v) is 5.41. The lowest BCUT2D eigenvalue weighted by Gasteiger charge is -2.46. The topological polar surface area (TPSA) is 76.7 Å². The number of furan rings is 1. The molecule has 2 aromatic rings. The molecular formula is C23H31N3O4. The number of nitrogens with zero attached hydrogens (tertiary/aromatic N) is 2. The minimum Gasteiger partial charge on any atom is -0.463 e. The summed E-state index contributed by atoms with van der Waals surface area (Å²) in [5.41, 5.74) is 1.15. The van der Waals surface area contributed by atoms with Crippen molar-refractivity contribution in [2.45, 2.75) is 76.6 Å². The molecule has 7 heteroatoms. The maximum Gasteiger partial charge on any atom is 0.271 e. The third-order valence-electron chi connectivity index (χ3n) is 7.38. The zero-order chi connectivity index (χ0) is 20.9. The van der Waals surface area contributed by atoms with Crippen molar-refractivity contribution in [2.24, 2.45) is 5.92 Å². The van der Waals surface area contributed by atoms with E-state index < -0.39 is 5.54 Å². The normalized spacial score (nSPS) is 31.9. The summed E-state index contributed by atoms with van der Waals surface area (Å²) in [7, 11) is 0. The van der Waals surface area contributed by atoms with Gasteiger partial charge >= 0.3 is 0 Å². The van der Waals surface area contributed by atoms with Crippen molar-refractivity contribution in [1.29, 1.82) is 0 Å². The molecule has 2 amide bonds. The van der Waals surface area contributed by atoms with Gasteiger partial charge in [0.15, 0.2) is 5.58 Å². The molecule has 1 saturated carbocycles. The van der Waals surface area contributed by atoms with E-state index in [1.807, 2.05) is 17.6 Å². The molecule has 1 saturated heterocycles. The standard InChI is InChI=1S/C23H31N3O4/c1-15-6-3-4-8-17(15)24-22(28)23(2)14-25-18-9-11-30-20(18)12-19(25)21(27)26(23)13-16-7-5-10-29-16/h9,11-12,15-17H,3-8,10,13-14H2,1-2H3,(H,24,28). The van der Waals surface area contributed by atoms with Gasteiger partial charge in [0.25, 0.3) is 5.91 Å². The van der Waals surface area contributed by atoms with Crippen LogP contribution in [0.5, 0.6) is 0 Å². The lowest BCUT2D eigenvalue weighted by molar-refractivity contribution is -0.135. The van der Waals surface area contributed by atoms with Gasteiger partial charge < -0.3 is 23.9 Å². The predicted octanol–water partition coefficient (Wildman–Crippen LogP) is 3.32. The van der Waals surface area contributed by atoms with Crippen molar-refractivity contribution in [3.05, 3.63) is 24.1 Å². The monoisotopic (exact) mass is 413 g/mol. The summed E-state index contributed by atoms with van der Waals surface area (Å²) in [6, 6.07) is 3.83. The van der Waals surface area contributed by atoms with Gasteiger partial charge in [0, 0.05) is 31.3 Å². The highest BCUT2D eigenvalue weighted by Gasteiger charge is 2.49. The minimum atomic E-state index is -0.976. The van der Waals surface area contributed by atoms with Crippen LogP contribution >= 0.6 is 0 Å². The van der Waals surface area contributed by atoms with Crippen LogP contribution in [0.4, 0.5) is 0 Å². The largest absolute Gasteiger partial charge is 0.463 e. The van der Waals surface area contributed by atoms with E-state index >= 15 is 0 Å². The van der Waals surface area contributed by atoms with Crippen LogP contribution < -0.4 is 5.32 Å². The first kappa shape index (κ1) is 19.7. The maximum atomic E-state index is 13.7. The number of carbonyl (C=O) groups excluding carboxylic acids is 2. The van der Waals surface area contributed by atoms with Crippen molar-refractivity contribution < 1.29 is 18.7 Å². The number of fused-ring (bicyclic) bond motifs is 3. The summed E-state index contributed by atoms with van der Waals surface area (Å²) in [5, 5.41) is 3.31. The molecule has 1 aliphatic carbocycles. The van der Waals surface area contributed by atoms with Gasteiger partial charge in [0.2, 0.25) is 5.91 Å². The van der Waals surface area contributed by atoms with Crippen LogP contribution in [0.2, 0.25) is 0 Å². The SMILES string of the molecule is CC1CCCCC1NC(=O)C1(C)Cn2c(cc3occc32)C(=O)N1CC1CCCO1. The Hall–Kier alpha value is -2.28. The third-order valence-corrected chi connectivity index (χ3v) is 7.38. The number of hydrogen-bond donors (Lipinski definition) is 1. The summed E-state index contributed by atoms with van der Waals surface area (Å²) in [5.74, 6) is 0.265. The Kier molecular flexibility index (Phi) is 4.88. The molecule has 0 bridgehead atoms. The molecule has 0 spiro atoms.